The van der Waals surface area contributed by atoms with Crippen LogP contribution in [0.4, 0.5) is 5.69 Å². The standard InChI is InChI=1S/C25H33N5O2.HI/c1-26-25(28-18-24(31)30-12-6-10-20-7-4-5-11-23(20)30)27-17-21-8-2-3-9-22(21)19-29-13-15-32-16-14-29;/h2-5,7-9,11H,6,10,12-19H2,1H3,(H2,26,27,28);1H. The lowest BCUT2D eigenvalue weighted by Gasteiger charge is -2.29. The first-order valence-corrected chi connectivity index (χ1v) is 11.4. The number of morpholine rings is 1. The van der Waals surface area contributed by atoms with Crippen molar-refractivity contribution in [1.82, 2.24) is 15.5 Å². The number of ether oxygens (including phenoxy) is 1. The van der Waals surface area contributed by atoms with Crippen molar-refractivity contribution in [3.63, 3.8) is 0 Å². The molecule has 2 heterocycles. The van der Waals surface area contributed by atoms with E-state index in [1.54, 1.807) is 7.05 Å². The number of rotatable bonds is 6. The van der Waals surface area contributed by atoms with Crippen molar-refractivity contribution in [3.8, 4) is 0 Å². The van der Waals surface area contributed by atoms with Crippen LogP contribution in [0.2, 0.25) is 0 Å². The molecular formula is C25H34IN5O2. The molecular weight excluding hydrogens is 529 g/mol. The smallest absolute Gasteiger partial charge is 0.246 e. The summed E-state index contributed by atoms with van der Waals surface area (Å²) in [5.41, 5.74) is 4.81. The number of carbonyl (C=O) groups is 1. The number of para-hydroxylation sites is 1. The van der Waals surface area contributed by atoms with Gasteiger partial charge in [-0.25, -0.2) is 0 Å². The molecule has 1 saturated heterocycles. The van der Waals surface area contributed by atoms with Gasteiger partial charge >= 0.3 is 0 Å². The second-order valence-electron chi connectivity index (χ2n) is 8.21. The molecule has 2 aliphatic heterocycles. The van der Waals surface area contributed by atoms with Crippen molar-refractivity contribution in [1.29, 1.82) is 0 Å². The van der Waals surface area contributed by atoms with E-state index in [-0.39, 0.29) is 36.4 Å². The van der Waals surface area contributed by atoms with Crippen LogP contribution in [-0.4, -0.2) is 63.2 Å². The number of nitrogens with zero attached hydrogens (tertiary/aromatic N) is 3. The minimum atomic E-state index is 0. The zero-order valence-electron chi connectivity index (χ0n) is 19.3. The van der Waals surface area contributed by atoms with Crippen molar-refractivity contribution < 1.29 is 9.53 Å². The molecule has 0 atom stereocenters. The summed E-state index contributed by atoms with van der Waals surface area (Å²) in [5.74, 6) is 0.692. The molecule has 0 bridgehead atoms. The van der Waals surface area contributed by atoms with E-state index in [2.05, 4.69) is 50.9 Å². The summed E-state index contributed by atoms with van der Waals surface area (Å²) in [7, 11) is 1.73. The highest BCUT2D eigenvalue weighted by Gasteiger charge is 2.22. The maximum absolute atomic E-state index is 12.9. The number of anilines is 1. The van der Waals surface area contributed by atoms with Gasteiger partial charge in [0.2, 0.25) is 5.91 Å². The molecule has 178 valence electrons. The van der Waals surface area contributed by atoms with E-state index < -0.39 is 0 Å². The minimum Gasteiger partial charge on any atom is -0.379 e. The fourth-order valence-corrected chi connectivity index (χ4v) is 4.33. The lowest BCUT2D eigenvalue weighted by molar-refractivity contribution is -0.117. The Labute approximate surface area is 213 Å². The molecule has 2 aliphatic rings. The van der Waals surface area contributed by atoms with Gasteiger partial charge in [-0.3, -0.25) is 14.7 Å². The van der Waals surface area contributed by atoms with E-state index in [1.165, 1.54) is 16.7 Å². The molecule has 4 rings (SSSR count). The van der Waals surface area contributed by atoms with Crippen LogP contribution in [0.15, 0.2) is 53.5 Å². The predicted molar refractivity (Wildman–Crippen MR) is 143 cm³/mol. The van der Waals surface area contributed by atoms with Crippen LogP contribution >= 0.6 is 24.0 Å². The maximum Gasteiger partial charge on any atom is 0.246 e. The molecule has 2 N–H and O–H groups in total. The van der Waals surface area contributed by atoms with E-state index in [1.807, 2.05) is 23.1 Å². The summed E-state index contributed by atoms with van der Waals surface area (Å²) >= 11 is 0. The lowest BCUT2D eigenvalue weighted by atomic mass is 10.0. The normalized spacial score (nSPS) is 16.5. The van der Waals surface area contributed by atoms with Crippen molar-refractivity contribution in [2.75, 3.05) is 51.3 Å². The van der Waals surface area contributed by atoms with Crippen LogP contribution in [0.3, 0.4) is 0 Å². The Morgan fingerprint density at radius 2 is 1.73 bits per heavy atom. The molecule has 7 nitrogen and oxygen atoms in total. The maximum atomic E-state index is 12.9. The summed E-state index contributed by atoms with van der Waals surface area (Å²) in [4.78, 5) is 21.5. The Morgan fingerprint density at radius 3 is 2.52 bits per heavy atom. The molecule has 2 aromatic rings. The Hall–Kier alpha value is -2.17. The number of benzene rings is 2. The molecule has 0 spiro atoms. The summed E-state index contributed by atoms with van der Waals surface area (Å²) in [5, 5.41) is 6.55. The number of fused-ring (bicyclic) bond motifs is 1. The number of aryl methyl sites for hydroxylation is 1. The zero-order valence-corrected chi connectivity index (χ0v) is 21.6. The van der Waals surface area contributed by atoms with E-state index in [0.717, 1.165) is 57.9 Å². The molecule has 1 amide bonds. The van der Waals surface area contributed by atoms with Gasteiger partial charge in [-0.05, 0) is 35.6 Å². The van der Waals surface area contributed by atoms with Gasteiger partial charge < -0.3 is 20.3 Å². The number of aliphatic imine (C=N–C) groups is 1. The molecule has 2 aromatic carbocycles. The predicted octanol–water partition coefficient (Wildman–Crippen LogP) is 2.78. The van der Waals surface area contributed by atoms with Crippen LogP contribution in [-0.2, 0) is 29.0 Å². The summed E-state index contributed by atoms with van der Waals surface area (Å²) in [6.45, 7) is 6.07. The van der Waals surface area contributed by atoms with E-state index in [4.69, 9.17) is 4.74 Å². The van der Waals surface area contributed by atoms with Gasteiger partial charge in [0.05, 0.1) is 19.8 Å². The largest absolute Gasteiger partial charge is 0.379 e. The average molecular weight is 563 g/mol. The molecule has 8 heteroatoms. The number of nitrogens with one attached hydrogen (secondary N) is 2. The summed E-state index contributed by atoms with van der Waals surface area (Å²) in [6.07, 6.45) is 2.02. The van der Waals surface area contributed by atoms with Crippen molar-refractivity contribution in [2.24, 2.45) is 4.99 Å². The number of guanidine groups is 1. The molecule has 0 radical (unpaired) electrons. The number of hydrogen-bond acceptors (Lipinski definition) is 4. The van der Waals surface area contributed by atoms with Gasteiger partial charge in [0.25, 0.3) is 0 Å². The highest BCUT2D eigenvalue weighted by molar-refractivity contribution is 14.0. The number of hydrogen-bond donors (Lipinski definition) is 2. The van der Waals surface area contributed by atoms with Gasteiger partial charge in [-0.2, -0.15) is 0 Å². The van der Waals surface area contributed by atoms with Crippen LogP contribution in [0.1, 0.15) is 23.1 Å². The molecule has 0 saturated carbocycles. The SMILES string of the molecule is CN=C(NCC(=O)N1CCCc2ccccc21)NCc1ccccc1CN1CCOCC1.I. The van der Waals surface area contributed by atoms with Gasteiger partial charge in [0.15, 0.2) is 5.96 Å². The van der Waals surface area contributed by atoms with Crippen molar-refractivity contribution in [3.05, 3.63) is 65.2 Å². The van der Waals surface area contributed by atoms with Gasteiger partial charge in [-0.1, -0.05) is 42.5 Å². The lowest BCUT2D eigenvalue weighted by Crippen LogP contribution is -2.46. The van der Waals surface area contributed by atoms with E-state index in [9.17, 15) is 4.79 Å². The Balaban J connectivity index is 0.00000306. The second kappa shape index (κ2) is 12.9. The summed E-state index contributed by atoms with van der Waals surface area (Å²) < 4.78 is 5.46. The number of halogens is 1. The number of carbonyl (C=O) groups excluding carboxylic acids is 1. The zero-order chi connectivity index (χ0) is 22.2. The molecule has 33 heavy (non-hydrogen) atoms. The van der Waals surface area contributed by atoms with Crippen LogP contribution < -0.4 is 15.5 Å². The Bertz CT molecular complexity index is 946. The Morgan fingerprint density at radius 1 is 1.00 bits per heavy atom. The third kappa shape index (κ3) is 6.91. The van der Waals surface area contributed by atoms with Gasteiger partial charge in [0, 0.05) is 45.5 Å². The highest BCUT2D eigenvalue weighted by Crippen LogP contribution is 2.26. The van der Waals surface area contributed by atoms with Crippen LogP contribution in [0.5, 0.6) is 0 Å². The third-order valence-electron chi connectivity index (χ3n) is 6.10. The summed E-state index contributed by atoms with van der Waals surface area (Å²) in [6, 6.07) is 16.6. The van der Waals surface area contributed by atoms with Crippen molar-refractivity contribution in [2.45, 2.75) is 25.9 Å². The van der Waals surface area contributed by atoms with Crippen LogP contribution in [0.25, 0.3) is 0 Å². The molecule has 0 aliphatic carbocycles. The first-order valence-electron chi connectivity index (χ1n) is 11.4. The number of amides is 1. The monoisotopic (exact) mass is 563 g/mol. The van der Waals surface area contributed by atoms with Gasteiger partial charge in [0.1, 0.15) is 0 Å². The molecule has 1 fully saturated rings. The molecule has 0 unspecified atom stereocenters. The fraction of sp³-hybridized carbons (Fsp3) is 0.440. The first kappa shape index (κ1) is 25.5. The average Bonchev–Trinajstić information content (AvgIpc) is 2.85. The van der Waals surface area contributed by atoms with Crippen molar-refractivity contribution >= 4 is 41.5 Å². The van der Waals surface area contributed by atoms with Crippen LogP contribution in [0, 0.1) is 0 Å². The second-order valence-corrected chi connectivity index (χ2v) is 8.21. The minimum absolute atomic E-state index is 0. The van der Waals surface area contributed by atoms with E-state index in [0.29, 0.717) is 12.5 Å². The Kier molecular flexibility index (Phi) is 9.95. The third-order valence-corrected chi connectivity index (χ3v) is 6.10. The molecule has 0 aromatic heterocycles. The first-order chi connectivity index (χ1) is 15.7. The topological polar surface area (TPSA) is 69.2 Å². The van der Waals surface area contributed by atoms with Gasteiger partial charge in [-0.15, -0.1) is 24.0 Å². The van der Waals surface area contributed by atoms with E-state index >= 15 is 0 Å². The highest BCUT2D eigenvalue weighted by atomic mass is 127. The fourth-order valence-electron chi connectivity index (χ4n) is 4.33. The quantitative estimate of drug-likeness (QED) is 0.322.